The summed E-state index contributed by atoms with van der Waals surface area (Å²) in [6, 6.07) is -0.829. The molecule has 7 unspecified atom stereocenters. The minimum absolute atomic E-state index is 0.190. The third-order valence-corrected chi connectivity index (χ3v) is 13.6. The average Bonchev–Trinajstić information content (AvgIpc) is 3.34. The van der Waals surface area contributed by atoms with Crippen LogP contribution >= 0.6 is 0 Å². The Morgan fingerprint density at radius 3 is 1.24 bits per heavy atom. The van der Waals surface area contributed by atoms with Crippen molar-refractivity contribution in [3.05, 3.63) is 48.6 Å². The van der Waals surface area contributed by atoms with Crippen molar-refractivity contribution >= 4 is 5.91 Å². The number of hydrogen-bond acceptors (Lipinski definition) is 8. The van der Waals surface area contributed by atoms with Crippen LogP contribution in [0.15, 0.2) is 48.6 Å². The third-order valence-electron chi connectivity index (χ3n) is 13.6. The topological polar surface area (TPSA) is 149 Å². The molecule has 0 bridgehead atoms. The number of nitrogens with one attached hydrogen (secondary N) is 1. The summed E-state index contributed by atoms with van der Waals surface area (Å²) in [5, 5.41) is 54.4. The number of amides is 1. The number of allylic oxidation sites excluding steroid dienone is 7. The molecule has 0 aromatic carbocycles. The van der Waals surface area contributed by atoms with Crippen LogP contribution in [0.4, 0.5) is 0 Å². The van der Waals surface area contributed by atoms with Gasteiger partial charge in [0.2, 0.25) is 5.91 Å². The number of hydrogen-bond donors (Lipinski definition) is 6. The maximum absolute atomic E-state index is 13.0. The Labute approximate surface area is 418 Å². The summed E-state index contributed by atoms with van der Waals surface area (Å²) < 4.78 is 11.2. The Hall–Kier alpha value is -1.85. The van der Waals surface area contributed by atoms with Crippen molar-refractivity contribution in [1.29, 1.82) is 0 Å². The summed E-state index contributed by atoms with van der Waals surface area (Å²) >= 11 is 0. The van der Waals surface area contributed by atoms with Crippen LogP contribution in [0.3, 0.4) is 0 Å². The highest BCUT2D eigenvalue weighted by Gasteiger charge is 2.44. The summed E-state index contributed by atoms with van der Waals surface area (Å²) in [4.78, 5) is 13.0. The lowest BCUT2D eigenvalue weighted by Gasteiger charge is -2.40. The van der Waals surface area contributed by atoms with Gasteiger partial charge >= 0.3 is 0 Å². The molecule has 0 radical (unpaired) electrons. The van der Waals surface area contributed by atoms with E-state index in [0.717, 1.165) is 44.9 Å². The summed E-state index contributed by atoms with van der Waals surface area (Å²) in [5.41, 5.74) is 0. The van der Waals surface area contributed by atoms with Crippen LogP contribution in [0.25, 0.3) is 0 Å². The fourth-order valence-electron chi connectivity index (χ4n) is 9.01. The first-order valence-corrected chi connectivity index (χ1v) is 28.9. The minimum Gasteiger partial charge on any atom is -0.394 e. The van der Waals surface area contributed by atoms with Crippen LogP contribution in [0.5, 0.6) is 0 Å². The molecule has 6 N–H and O–H groups in total. The van der Waals surface area contributed by atoms with Crippen molar-refractivity contribution < 1.29 is 39.8 Å². The summed E-state index contributed by atoms with van der Waals surface area (Å²) in [5.74, 6) is -0.190. The van der Waals surface area contributed by atoms with Crippen molar-refractivity contribution in [2.24, 2.45) is 0 Å². The smallest absolute Gasteiger partial charge is 0.220 e. The molecule has 0 aromatic rings. The van der Waals surface area contributed by atoms with Crippen LogP contribution < -0.4 is 5.32 Å². The average molecular weight is 961 g/mol. The molecular formula is C59H109NO8. The molecule has 1 fully saturated rings. The van der Waals surface area contributed by atoms with E-state index in [4.69, 9.17) is 9.47 Å². The number of carbonyl (C=O) groups is 1. The normalized spacial score (nSPS) is 19.9. The van der Waals surface area contributed by atoms with Gasteiger partial charge in [-0.1, -0.05) is 236 Å². The molecule has 1 saturated heterocycles. The molecular weight excluding hydrogens is 851 g/mol. The zero-order valence-corrected chi connectivity index (χ0v) is 44.1. The van der Waals surface area contributed by atoms with Crippen molar-refractivity contribution in [3.8, 4) is 0 Å². The monoisotopic (exact) mass is 960 g/mol. The molecule has 9 nitrogen and oxygen atoms in total. The predicted molar refractivity (Wildman–Crippen MR) is 286 cm³/mol. The Kier molecular flexibility index (Phi) is 46.0. The number of aliphatic hydroxyl groups is 5. The maximum atomic E-state index is 13.0. The highest BCUT2D eigenvalue weighted by molar-refractivity contribution is 5.76. The van der Waals surface area contributed by atoms with E-state index in [2.05, 4.69) is 55.6 Å². The molecule has 1 aliphatic rings. The minimum atomic E-state index is -1.58. The summed E-state index contributed by atoms with van der Waals surface area (Å²) in [6.45, 7) is 3.77. The van der Waals surface area contributed by atoms with E-state index >= 15 is 0 Å². The van der Waals surface area contributed by atoms with E-state index in [1.165, 1.54) is 199 Å². The first-order valence-electron chi connectivity index (χ1n) is 28.9. The molecule has 1 heterocycles. The Morgan fingerprint density at radius 2 is 0.838 bits per heavy atom. The van der Waals surface area contributed by atoms with Crippen LogP contribution in [0, 0.1) is 0 Å². The zero-order valence-electron chi connectivity index (χ0n) is 44.1. The van der Waals surface area contributed by atoms with Crippen LogP contribution in [0.1, 0.15) is 264 Å². The largest absolute Gasteiger partial charge is 0.394 e. The second kappa shape index (κ2) is 48.8. The third kappa shape index (κ3) is 37.9. The zero-order chi connectivity index (χ0) is 49.4. The second-order valence-corrected chi connectivity index (χ2v) is 20.1. The van der Waals surface area contributed by atoms with Gasteiger partial charge in [0.05, 0.1) is 25.4 Å². The standard InChI is InChI=1S/C59H109NO8/c1-3-5-7-9-11-13-15-17-19-21-23-24-25-26-27-28-29-30-31-33-35-37-39-41-43-45-47-49-55(63)60-52(51-67-59-58(66)57(65)56(64)54(50-61)68-59)53(62)48-46-44-42-40-38-36-34-32-22-20-18-16-14-12-10-8-6-4-2/h22,26-27,32,38,40,46,48,52-54,56-59,61-62,64-66H,3-21,23-25,28-31,33-37,39,41-45,47,49-51H2,1-2H3,(H,60,63)/b27-26-,32-22+,40-38+,48-46+. The van der Waals surface area contributed by atoms with Gasteiger partial charge in [-0.3, -0.25) is 4.79 Å². The molecule has 7 atom stereocenters. The SMILES string of the molecule is CCCCCCCCCC/C=C/CC/C=C/CC/C=C/C(O)C(COC1OC(CO)C(O)C(O)C1O)NC(=O)CCCCCCCCCCCCC/C=C\CCCCCCCCCCCCCC. The molecule has 0 aromatic heterocycles. The lowest BCUT2D eigenvalue weighted by molar-refractivity contribution is -0.302. The molecule has 1 rings (SSSR count). The van der Waals surface area contributed by atoms with Crippen LogP contribution in [-0.4, -0.2) is 87.5 Å². The summed E-state index contributed by atoms with van der Waals surface area (Å²) in [6.07, 6.45) is 57.5. The molecule has 398 valence electrons. The van der Waals surface area contributed by atoms with Gasteiger partial charge < -0.3 is 40.3 Å². The van der Waals surface area contributed by atoms with E-state index in [9.17, 15) is 30.3 Å². The number of aliphatic hydroxyl groups excluding tert-OH is 5. The Balaban J connectivity index is 2.23. The van der Waals surface area contributed by atoms with Gasteiger partial charge in [-0.15, -0.1) is 0 Å². The van der Waals surface area contributed by atoms with Gasteiger partial charge in [0.25, 0.3) is 0 Å². The molecule has 9 heteroatoms. The van der Waals surface area contributed by atoms with Crippen molar-refractivity contribution in [3.63, 3.8) is 0 Å². The van der Waals surface area contributed by atoms with Crippen LogP contribution in [0.2, 0.25) is 0 Å². The van der Waals surface area contributed by atoms with E-state index in [1.807, 2.05) is 6.08 Å². The first kappa shape index (κ1) is 64.2. The van der Waals surface area contributed by atoms with Crippen molar-refractivity contribution in [1.82, 2.24) is 5.32 Å². The summed E-state index contributed by atoms with van der Waals surface area (Å²) in [7, 11) is 0. The highest BCUT2D eigenvalue weighted by atomic mass is 16.7. The fourth-order valence-corrected chi connectivity index (χ4v) is 9.01. The Bertz CT molecular complexity index is 1210. The number of carbonyl (C=O) groups excluding carboxylic acids is 1. The van der Waals surface area contributed by atoms with Gasteiger partial charge in [0.1, 0.15) is 24.4 Å². The molecule has 0 aliphatic carbocycles. The van der Waals surface area contributed by atoms with E-state index in [1.54, 1.807) is 6.08 Å². The van der Waals surface area contributed by atoms with Gasteiger partial charge in [0.15, 0.2) is 6.29 Å². The molecule has 1 amide bonds. The Morgan fingerprint density at radius 1 is 0.485 bits per heavy atom. The molecule has 0 spiro atoms. The lowest BCUT2D eigenvalue weighted by atomic mass is 9.99. The second-order valence-electron chi connectivity index (χ2n) is 20.1. The number of rotatable bonds is 49. The van der Waals surface area contributed by atoms with Crippen molar-refractivity contribution in [2.45, 2.75) is 307 Å². The van der Waals surface area contributed by atoms with Gasteiger partial charge in [-0.2, -0.15) is 0 Å². The molecule has 1 aliphatic heterocycles. The van der Waals surface area contributed by atoms with Crippen LogP contribution in [-0.2, 0) is 14.3 Å². The van der Waals surface area contributed by atoms with E-state index < -0.39 is 49.5 Å². The number of ether oxygens (including phenoxy) is 2. The van der Waals surface area contributed by atoms with E-state index in [-0.39, 0.29) is 12.5 Å². The van der Waals surface area contributed by atoms with Gasteiger partial charge in [-0.05, 0) is 70.6 Å². The molecule has 0 saturated carbocycles. The van der Waals surface area contributed by atoms with Gasteiger partial charge in [0, 0.05) is 6.42 Å². The first-order chi connectivity index (χ1) is 33.3. The quantitative estimate of drug-likeness (QED) is 0.0261. The van der Waals surface area contributed by atoms with Gasteiger partial charge in [-0.25, -0.2) is 0 Å². The fraction of sp³-hybridized carbons (Fsp3) is 0.847. The molecule has 68 heavy (non-hydrogen) atoms. The van der Waals surface area contributed by atoms with E-state index in [0.29, 0.717) is 6.42 Å². The highest BCUT2D eigenvalue weighted by Crippen LogP contribution is 2.23. The lowest BCUT2D eigenvalue weighted by Crippen LogP contribution is -2.60. The predicted octanol–water partition coefficient (Wildman–Crippen LogP) is 14.1. The van der Waals surface area contributed by atoms with Crippen molar-refractivity contribution in [2.75, 3.05) is 13.2 Å². The maximum Gasteiger partial charge on any atom is 0.220 e. The number of unbranched alkanes of at least 4 members (excludes halogenated alkanes) is 33.